The Morgan fingerprint density at radius 2 is 2.10 bits per heavy atom. The van der Waals surface area contributed by atoms with E-state index in [2.05, 4.69) is 25.3 Å². The fourth-order valence-electron chi connectivity index (χ4n) is 3.93. The third kappa shape index (κ3) is 4.47. The molecule has 2 aliphatic heterocycles. The normalized spacial score (nSPS) is 23.2. The summed E-state index contributed by atoms with van der Waals surface area (Å²) < 4.78 is 20.0. The van der Waals surface area contributed by atoms with E-state index in [-0.39, 0.29) is 23.8 Å². The maximum atomic E-state index is 14.4. The number of hydrogen-bond acceptors (Lipinski definition) is 6. The highest BCUT2D eigenvalue weighted by atomic mass is 19.1. The maximum Gasteiger partial charge on any atom is 0.407 e. The van der Waals surface area contributed by atoms with Crippen LogP contribution in [0, 0.1) is 5.82 Å². The molecular formula is C19H25FN6O3. The van der Waals surface area contributed by atoms with Crippen molar-refractivity contribution in [3.8, 4) is 11.4 Å². The molecule has 0 saturated carbocycles. The predicted octanol–water partition coefficient (Wildman–Crippen LogP) is 2.84. The molecule has 1 amide bonds. The molecule has 10 heteroatoms. The van der Waals surface area contributed by atoms with Gasteiger partial charge in [-0.15, -0.1) is 0 Å². The molecule has 2 saturated heterocycles. The van der Waals surface area contributed by atoms with E-state index in [1.807, 2.05) is 6.92 Å². The lowest BCUT2D eigenvalue weighted by atomic mass is 9.96. The number of imidazole rings is 1. The Labute approximate surface area is 167 Å². The van der Waals surface area contributed by atoms with Gasteiger partial charge in [0.15, 0.2) is 5.82 Å². The van der Waals surface area contributed by atoms with Gasteiger partial charge in [0, 0.05) is 31.7 Å². The van der Waals surface area contributed by atoms with E-state index in [0.717, 1.165) is 24.9 Å². The van der Waals surface area contributed by atoms with Gasteiger partial charge in [-0.05, 0) is 32.6 Å². The number of aromatic nitrogens is 4. The lowest BCUT2D eigenvalue weighted by molar-refractivity contribution is 0.0174. The molecule has 29 heavy (non-hydrogen) atoms. The largest absolute Gasteiger partial charge is 0.465 e. The van der Waals surface area contributed by atoms with Gasteiger partial charge in [-0.1, -0.05) is 0 Å². The highest BCUT2D eigenvalue weighted by Crippen LogP contribution is 2.30. The van der Waals surface area contributed by atoms with Crippen LogP contribution in [-0.4, -0.2) is 67.9 Å². The van der Waals surface area contributed by atoms with Crippen molar-refractivity contribution in [2.75, 3.05) is 25.0 Å². The molecule has 0 aliphatic carbocycles. The maximum absolute atomic E-state index is 14.4. The molecule has 9 nitrogen and oxygen atoms in total. The SMILES string of the molecule is CC1CC(c2ncc(-c3nc(NC4CCN(C(=O)O)CC4)ncc3F)[nH]2)CCO1. The van der Waals surface area contributed by atoms with Crippen LogP contribution in [0.2, 0.25) is 0 Å². The van der Waals surface area contributed by atoms with Crippen molar-refractivity contribution in [1.82, 2.24) is 24.8 Å². The fraction of sp³-hybridized carbons (Fsp3) is 0.579. The zero-order chi connectivity index (χ0) is 20.4. The third-order valence-corrected chi connectivity index (χ3v) is 5.57. The zero-order valence-electron chi connectivity index (χ0n) is 16.3. The first-order chi connectivity index (χ1) is 14.0. The first-order valence-electron chi connectivity index (χ1n) is 9.93. The molecule has 0 bridgehead atoms. The first-order valence-corrected chi connectivity index (χ1v) is 9.93. The van der Waals surface area contributed by atoms with Gasteiger partial charge in [0.1, 0.15) is 11.5 Å². The van der Waals surface area contributed by atoms with E-state index in [1.54, 1.807) is 6.20 Å². The van der Waals surface area contributed by atoms with Crippen molar-refractivity contribution in [3.05, 3.63) is 24.0 Å². The molecule has 2 unspecified atom stereocenters. The summed E-state index contributed by atoms with van der Waals surface area (Å²) in [5, 5.41) is 12.2. The number of aromatic amines is 1. The number of halogens is 1. The lowest BCUT2D eigenvalue weighted by Crippen LogP contribution is -2.41. The topological polar surface area (TPSA) is 116 Å². The highest BCUT2D eigenvalue weighted by molar-refractivity contribution is 5.65. The van der Waals surface area contributed by atoms with Crippen LogP contribution in [0.1, 0.15) is 44.3 Å². The van der Waals surface area contributed by atoms with Crippen molar-refractivity contribution in [2.24, 2.45) is 0 Å². The summed E-state index contributed by atoms with van der Waals surface area (Å²) >= 11 is 0. The van der Waals surface area contributed by atoms with Crippen LogP contribution in [-0.2, 0) is 4.74 Å². The van der Waals surface area contributed by atoms with Crippen LogP contribution < -0.4 is 5.32 Å². The van der Waals surface area contributed by atoms with Crippen LogP contribution in [0.25, 0.3) is 11.4 Å². The molecule has 2 fully saturated rings. The summed E-state index contributed by atoms with van der Waals surface area (Å²) in [5.74, 6) is 0.885. The number of anilines is 1. The van der Waals surface area contributed by atoms with Gasteiger partial charge < -0.3 is 25.0 Å². The number of ether oxygens (including phenoxy) is 1. The minimum atomic E-state index is -0.905. The zero-order valence-corrected chi connectivity index (χ0v) is 16.3. The first kappa shape index (κ1) is 19.6. The molecular weight excluding hydrogens is 379 g/mol. The van der Waals surface area contributed by atoms with Gasteiger partial charge in [-0.25, -0.2) is 24.1 Å². The number of nitrogens with one attached hydrogen (secondary N) is 2. The Morgan fingerprint density at radius 3 is 2.83 bits per heavy atom. The molecule has 2 aromatic heterocycles. The molecule has 0 spiro atoms. The second-order valence-electron chi connectivity index (χ2n) is 7.66. The molecule has 4 rings (SSSR count). The van der Waals surface area contributed by atoms with Crippen molar-refractivity contribution in [1.29, 1.82) is 0 Å². The number of piperidine rings is 1. The Balaban J connectivity index is 1.46. The standard InChI is InChI=1S/C19H25FN6O3/c1-11-8-12(4-7-29-11)17-21-10-15(24-17)16-14(20)9-22-18(25-16)23-13-2-5-26(6-3-13)19(27)28/h9-13H,2-8H2,1H3,(H,21,24)(H,27,28)(H,22,23,25). The Hall–Kier alpha value is -2.75. The van der Waals surface area contributed by atoms with Crippen molar-refractivity contribution < 1.29 is 19.0 Å². The summed E-state index contributed by atoms with van der Waals surface area (Å²) in [6, 6.07) is 0.0463. The summed E-state index contributed by atoms with van der Waals surface area (Å²) in [4.78, 5) is 28.4. The van der Waals surface area contributed by atoms with Gasteiger partial charge in [0.25, 0.3) is 0 Å². The van der Waals surface area contributed by atoms with Crippen molar-refractivity contribution in [2.45, 2.75) is 50.7 Å². The number of H-pyrrole nitrogens is 1. The molecule has 2 atom stereocenters. The molecule has 3 N–H and O–H groups in total. The third-order valence-electron chi connectivity index (χ3n) is 5.57. The summed E-state index contributed by atoms with van der Waals surface area (Å²) in [6.45, 7) is 3.64. The predicted molar refractivity (Wildman–Crippen MR) is 103 cm³/mol. The smallest absolute Gasteiger partial charge is 0.407 e. The van der Waals surface area contributed by atoms with Crippen LogP contribution in [0.15, 0.2) is 12.4 Å². The van der Waals surface area contributed by atoms with Gasteiger partial charge in [-0.2, -0.15) is 0 Å². The van der Waals surface area contributed by atoms with Crippen molar-refractivity contribution in [3.63, 3.8) is 0 Å². The van der Waals surface area contributed by atoms with E-state index in [9.17, 15) is 9.18 Å². The van der Waals surface area contributed by atoms with E-state index in [4.69, 9.17) is 9.84 Å². The molecule has 156 valence electrons. The highest BCUT2D eigenvalue weighted by Gasteiger charge is 2.25. The molecule has 4 heterocycles. The average Bonchev–Trinajstić information content (AvgIpc) is 3.20. The van der Waals surface area contributed by atoms with Gasteiger partial charge in [0.2, 0.25) is 5.95 Å². The second kappa shape index (κ2) is 8.32. The van der Waals surface area contributed by atoms with E-state index >= 15 is 0 Å². The average molecular weight is 404 g/mol. The summed E-state index contributed by atoms with van der Waals surface area (Å²) in [6.07, 6.45) is 5.09. The molecule has 0 radical (unpaired) electrons. The summed E-state index contributed by atoms with van der Waals surface area (Å²) in [5.41, 5.74) is 0.687. The van der Waals surface area contributed by atoms with E-state index in [1.165, 1.54) is 4.90 Å². The monoisotopic (exact) mass is 404 g/mol. The Kier molecular flexibility index (Phi) is 5.61. The lowest BCUT2D eigenvalue weighted by Gasteiger charge is -2.30. The van der Waals surface area contributed by atoms with Crippen LogP contribution in [0.4, 0.5) is 15.1 Å². The Morgan fingerprint density at radius 1 is 1.31 bits per heavy atom. The number of amides is 1. The number of hydrogen-bond donors (Lipinski definition) is 3. The quantitative estimate of drug-likeness (QED) is 0.717. The van der Waals surface area contributed by atoms with Crippen LogP contribution >= 0.6 is 0 Å². The van der Waals surface area contributed by atoms with Crippen molar-refractivity contribution >= 4 is 12.0 Å². The number of rotatable bonds is 4. The van der Waals surface area contributed by atoms with Gasteiger partial charge >= 0.3 is 6.09 Å². The number of likely N-dealkylation sites (tertiary alicyclic amines) is 1. The molecule has 2 aromatic rings. The Bertz CT molecular complexity index is 867. The fourth-order valence-corrected chi connectivity index (χ4v) is 3.93. The van der Waals surface area contributed by atoms with Gasteiger partial charge in [0.05, 0.1) is 24.2 Å². The number of carbonyl (C=O) groups is 1. The van der Waals surface area contributed by atoms with Crippen LogP contribution in [0.5, 0.6) is 0 Å². The molecule has 2 aliphatic rings. The number of nitrogens with zero attached hydrogens (tertiary/aromatic N) is 4. The minimum Gasteiger partial charge on any atom is -0.465 e. The van der Waals surface area contributed by atoms with Crippen LogP contribution in [0.3, 0.4) is 0 Å². The van der Waals surface area contributed by atoms with E-state index < -0.39 is 11.9 Å². The van der Waals surface area contributed by atoms with E-state index in [0.29, 0.717) is 44.2 Å². The van der Waals surface area contributed by atoms with Gasteiger partial charge in [-0.3, -0.25) is 0 Å². The summed E-state index contributed by atoms with van der Waals surface area (Å²) in [7, 11) is 0. The minimum absolute atomic E-state index is 0.0463. The second-order valence-corrected chi connectivity index (χ2v) is 7.66. The number of carboxylic acid groups (broad SMARTS) is 1. The molecule has 0 aromatic carbocycles.